The van der Waals surface area contributed by atoms with E-state index in [4.69, 9.17) is 5.26 Å². The van der Waals surface area contributed by atoms with Gasteiger partial charge >= 0.3 is 0 Å². The molecule has 0 aliphatic heterocycles. The Morgan fingerprint density at radius 2 is 2.12 bits per heavy atom. The molecular formula is C12H10IrN3-. The van der Waals surface area contributed by atoms with E-state index in [2.05, 4.69) is 17.2 Å². The number of nitrogens with zero attached hydrogens (tertiary/aromatic N) is 3. The van der Waals surface area contributed by atoms with Gasteiger partial charge in [-0.3, -0.25) is 4.68 Å². The summed E-state index contributed by atoms with van der Waals surface area (Å²) in [4.78, 5) is 0. The van der Waals surface area contributed by atoms with Crippen molar-refractivity contribution in [1.29, 1.82) is 5.26 Å². The Morgan fingerprint density at radius 1 is 1.38 bits per heavy atom. The second-order valence-corrected chi connectivity index (χ2v) is 3.32. The average molecular weight is 388 g/mol. The molecule has 2 rings (SSSR count). The summed E-state index contributed by atoms with van der Waals surface area (Å²) in [5.41, 5.74) is 3.12. The van der Waals surface area contributed by atoms with Crippen molar-refractivity contribution in [3.05, 3.63) is 47.3 Å². The van der Waals surface area contributed by atoms with Gasteiger partial charge in [0.15, 0.2) is 0 Å². The first-order chi connectivity index (χ1) is 7.24. The van der Waals surface area contributed by atoms with Crippen LogP contribution in [0.3, 0.4) is 0 Å². The van der Waals surface area contributed by atoms with Crippen molar-refractivity contribution in [3.8, 4) is 11.8 Å². The van der Waals surface area contributed by atoms with Gasteiger partial charge in [-0.2, -0.15) is 34.6 Å². The summed E-state index contributed by atoms with van der Waals surface area (Å²) in [5, 5.41) is 13.3. The fourth-order valence-corrected chi connectivity index (χ4v) is 1.55. The largest absolute Gasteiger partial charge is 0.261 e. The molecule has 83 valence electrons. The van der Waals surface area contributed by atoms with E-state index in [0.29, 0.717) is 5.56 Å². The van der Waals surface area contributed by atoms with Crippen molar-refractivity contribution in [2.75, 3.05) is 0 Å². The van der Waals surface area contributed by atoms with E-state index >= 15 is 0 Å². The van der Waals surface area contributed by atoms with Crippen LogP contribution in [0.4, 0.5) is 0 Å². The Balaban J connectivity index is 0.00000128. The monoisotopic (exact) mass is 389 g/mol. The SMILES string of the molecule is Cc1nn(-c2[c-]cccc2)c(C)c1C#N.[Ir]. The van der Waals surface area contributed by atoms with E-state index in [1.807, 2.05) is 38.1 Å². The third kappa shape index (κ3) is 2.06. The number of aromatic nitrogens is 2. The van der Waals surface area contributed by atoms with E-state index in [1.165, 1.54) is 0 Å². The zero-order chi connectivity index (χ0) is 10.8. The van der Waals surface area contributed by atoms with Crippen LogP contribution in [0.2, 0.25) is 0 Å². The maximum atomic E-state index is 8.95. The van der Waals surface area contributed by atoms with Gasteiger partial charge in [-0.05, 0) is 19.5 Å². The first-order valence-corrected chi connectivity index (χ1v) is 4.67. The Kier molecular flexibility index (Phi) is 4.00. The van der Waals surface area contributed by atoms with E-state index in [0.717, 1.165) is 17.1 Å². The number of para-hydroxylation sites is 1. The number of nitriles is 1. The molecule has 0 N–H and O–H groups in total. The molecular weight excluding hydrogens is 378 g/mol. The van der Waals surface area contributed by atoms with Crippen molar-refractivity contribution in [3.63, 3.8) is 0 Å². The zero-order valence-corrected chi connectivity index (χ0v) is 11.4. The third-order valence-electron chi connectivity index (χ3n) is 2.32. The molecule has 1 radical (unpaired) electrons. The molecule has 0 unspecified atom stereocenters. The van der Waals surface area contributed by atoms with Gasteiger partial charge in [0.2, 0.25) is 0 Å². The first-order valence-electron chi connectivity index (χ1n) is 4.67. The second-order valence-electron chi connectivity index (χ2n) is 3.32. The van der Waals surface area contributed by atoms with E-state index in [-0.39, 0.29) is 20.1 Å². The molecule has 16 heavy (non-hydrogen) atoms. The van der Waals surface area contributed by atoms with Crippen molar-refractivity contribution in [1.82, 2.24) is 9.78 Å². The molecule has 4 heteroatoms. The molecule has 0 aliphatic rings. The zero-order valence-electron chi connectivity index (χ0n) is 8.98. The van der Waals surface area contributed by atoms with Gasteiger partial charge in [0.05, 0.1) is 17.0 Å². The van der Waals surface area contributed by atoms with Gasteiger partial charge in [-0.1, -0.05) is 0 Å². The maximum Gasteiger partial charge on any atom is 0.103 e. The summed E-state index contributed by atoms with van der Waals surface area (Å²) in [6.07, 6.45) is 0. The number of rotatable bonds is 1. The smallest absolute Gasteiger partial charge is 0.103 e. The summed E-state index contributed by atoms with van der Waals surface area (Å²) < 4.78 is 1.74. The Hall–Kier alpha value is -1.43. The number of hydrogen-bond acceptors (Lipinski definition) is 2. The minimum absolute atomic E-state index is 0. The van der Waals surface area contributed by atoms with Crippen LogP contribution >= 0.6 is 0 Å². The van der Waals surface area contributed by atoms with E-state index < -0.39 is 0 Å². The van der Waals surface area contributed by atoms with Crippen LogP contribution in [-0.2, 0) is 20.1 Å². The molecule has 0 spiro atoms. The molecule has 1 heterocycles. The van der Waals surface area contributed by atoms with Crippen LogP contribution in [0.15, 0.2) is 24.3 Å². The molecule has 3 nitrogen and oxygen atoms in total. The molecule has 0 fully saturated rings. The third-order valence-corrected chi connectivity index (χ3v) is 2.32. The molecule has 0 saturated carbocycles. The van der Waals surface area contributed by atoms with Gasteiger partial charge in [0.25, 0.3) is 0 Å². The topological polar surface area (TPSA) is 41.6 Å². The van der Waals surface area contributed by atoms with Crippen molar-refractivity contribution >= 4 is 0 Å². The molecule has 1 aromatic heterocycles. The first kappa shape index (κ1) is 12.6. The predicted molar refractivity (Wildman–Crippen MR) is 56.6 cm³/mol. The normalized spacial score (nSPS) is 9.31. The van der Waals surface area contributed by atoms with Gasteiger partial charge in [0, 0.05) is 20.1 Å². The maximum absolute atomic E-state index is 8.95. The fourth-order valence-electron chi connectivity index (χ4n) is 1.55. The van der Waals surface area contributed by atoms with Crippen molar-refractivity contribution < 1.29 is 20.1 Å². The van der Waals surface area contributed by atoms with Crippen LogP contribution in [0.5, 0.6) is 0 Å². The second kappa shape index (κ2) is 5.07. The standard InChI is InChI=1S/C12H10N3.Ir/c1-9-12(8-13)10(2)15(14-9)11-6-4-3-5-7-11;/h3-6H,1-2H3;/q-1;. The molecule has 0 atom stereocenters. The van der Waals surface area contributed by atoms with Gasteiger partial charge in [-0.25, -0.2) is 0 Å². The van der Waals surface area contributed by atoms with Crippen molar-refractivity contribution in [2.45, 2.75) is 13.8 Å². The Morgan fingerprint density at radius 3 is 2.62 bits per heavy atom. The Labute approximate surface area is 108 Å². The molecule has 0 aliphatic carbocycles. The summed E-state index contributed by atoms with van der Waals surface area (Å²) >= 11 is 0. The quantitative estimate of drug-likeness (QED) is 0.703. The van der Waals surface area contributed by atoms with E-state index in [1.54, 1.807) is 4.68 Å². The minimum atomic E-state index is 0. The van der Waals surface area contributed by atoms with Crippen LogP contribution in [-0.4, -0.2) is 9.78 Å². The summed E-state index contributed by atoms with van der Waals surface area (Å²) in [6, 6.07) is 12.8. The van der Waals surface area contributed by atoms with Crippen LogP contribution in [0, 0.1) is 31.2 Å². The summed E-state index contributed by atoms with van der Waals surface area (Å²) in [6.45, 7) is 3.73. The molecule has 1 aromatic carbocycles. The number of aryl methyl sites for hydroxylation is 1. The minimum Gasteiger partial charge on any atom is -0.261 e. The molecule has 2 aromatic rings. The molecule has 0 saturated heterocycles. The summed E-state index contributed by atoms with van der Waals surface area (Å²) in [5.74, 6) is 0. The number of benzene rings is 1. The summed E-state index contributed by atoms with van der Waals surface area (Å²) in [7, 11) is 0. The van der Waals surface area contributed by atoms with Crippen LogP contribution in [0.25, 0.3) is 5.69 Å². The van der Waals surface area contributed by atoms with Gasteiger partial charge in [-0.15, -0.1) is 6.07 Å². The molecule has 0 amide bonds. The van der Waals surface area contributed by atoms with Crippen molar-refractivity contribution in [2.24, 2.45) is 0 Å². The van der Waals surface area contributed by atoms with Crippen LogP contribution in [0.1, 0.15) is 17.0 Å². The molecule has 0 bridgehead atoms. The van der Waals surface area contributed by atoms with Crippen LogP contribution < -0.4 is 0 Å². The Bertz CT molecular complexity index is 523. The number of hydrogen-bond donors (Lipinski definition) is 0. The van der Waals surface area contributed by atoms with E-state index in [9.17, 15) is 0 Å². The fraction of sp³-hybridized carbons (Fsp3) is 0.167. The predicted octanol–water partition coefficient (Wildman–Crippen LogP) is 2.16. The average Bonchev–Trinajstić information content (AvgIpc) is 2.55. The van der Waals surface area contributed by atoms with Gasteiger partial charge < -0.3 is 0 Å². The van der Waals surface area contributed by atoms with Gasteiger partial charge in [0.1, 0.15) is 6.07 Å².